The molecule has 0 atom stereocenters. The highest BCUT2D eigenvalue weighted by Gasteiger charge is 1.99. The summed E-state index contributed by atoms with van der Waals surface area (Å²) in [5, 5.41) is 11.2. The van der Waals surface area contributed by atoms with E-state index in [1.54, 1.807) is 6.07 Å². The summed E-state index contributed by atoms with van der Waals surface area (Å²) in [6, 6.07) is 5.66. The van der Waals surface area contributed by atoms with Gasteiger partial charge in [-0.3, -0.25) is 4.98 Å². The van der Waals surface area contributed by atoms with Gasteiger partial charge < -0.3 is 5.21 Å². The molecule has 0 aliphatic carbocycles. The van der Waals surface area contributed by atoms with Gasteiger partial charge >= 0.3 is 0 Å². The Bertz CT molecular complexity index is 282. The number of nitrogens with zero attached hydrogens (tertiary/aromatic N) is 2. The Morgan fingerprint density at radius 3 is 2.83 bits per heavy atom. The second kappa shape index (κ2) is 3.85. The molecule has 0 aromatic carbocycles. The molecule has 0 saturated heterocycles. The first-order chi connectivity index (χ1) is 5.74. The van der Waals surface area contributed by atoms with Crippen molar-refractivity contribution in [3.05, 3.63) is 29.6 Å². The van der Waals surface area contributed by atoms with Gasteiger partial charge in [-0.15, -0.1) is 0 Å². The summed E-state index contributed by atoms with van der Waals surface area (Å²) < 4.78 is 0. The smallest absolute Gasteiger partial charge is 0.0918 e. The lowest BCUT2D eigenvalue weighted by atomic mass is 10.1. The van der Waals surface area contributed by atoms with Gasteiger partial charge in [-0.25, -0.2) is 0 Å². The van der Waals surface area contributed by atoms with Gasteiger partial charge in [0.15, 0.2) is 0 Å². The molecule has 0 aliphatic heterocycles. The van der Waals surface area contributed by atoms with E-state index in [0.717, 1.165) is 5.69 Å². The van der Waals surface area contributed by atoms with Gasteiger partial charge in [0.1, 0.15) is 0 Å². The first-order valence-corrected chi connectivity index (χ1v) is 3.88. The molecular formula is C9H12N2O. The van der Waals surface area contributed by atoms with E-state index in [4.69, 9.17) is 5.21 Å². The van der Waals surface area contributed by atoms with Crippen molar-refractivity contribution in [1.29, 1.82) is 0 Å². The van der Waals surface area contributed by atoms with Gasteiger partial charge in [0.05, 0.1) is 11.9 Å². The molecule has 3 nitrogen and oxygen atoms in total. The van der Waals surface area contributed by atoms with Crippen LogP contribution in [0.3, 0.4) is 0 Å². The van der Waals surface area contributed by atoms with E-state index in [1.165, 1.54) is 6.21 Å². The molecule has 0 amide bonds. The third-order valence-corrected chi connectivity index (χ3v) is 1.57. The van der Waals surface area contributed by atoms with Crippen LogP contribution in [-0.2, 0) is 0 Å². The summed E-state index contributed by atoms with van der Waals surface area (Å²) in [6.45, 7) is 4.14. The van der Waals surface area contributed by atoms with E-state index in [2.05, 4.69) is 24.0 Å². The molecule has 0 unspecified atom stereocenters. The van der Waals surface area contributed by atoms with Crippen LogP contribution in [0.15, 0.2) is 23.4 Å². The van der Waals surface area contributed by atoms with Crippen LogP contribution in [0.25, 0.3) is 0 Å². The van der Waals surface area contributed by atoms with E-state index in [9.17, 15) is 0 Å². The minimum atomic E-state index is 0.400. The molecule has 1 N–H and O–H groups in total. The zero-order valence-electron chi connectivity index (χ0n) is 7.23. The third kappa shape index (κ3) is 2.05. The summed E-state index contributed by atoms with van der Waals surface area (Å²) in [7, 11) is 0. The summed E-state index contributed by atoms with van der Waals surface area (Å²) in [4.78, 5) is 4.25. The number of hydrogen-bond acceptors (Lipinski definition) is 3. The maximum Gasteiger partial charge on any atom is 0.0918 e. The summed E-state index contributed by atoms with van der Waals surface area (Å²) in [5.74, 6) is 0.400. The Balaban J connectivity index is 2.95. The van der Waals surface area contributed by atoms with Crippen molar-refractivity contribution in [3.63, 3.8) is 0 Å². The number of aromatic nitrogens is 1. The molecule has 0 bridgehead atoms. The summed E-state index contributed by atoms with van der Waals surface area (Å²) in [6.07, 6.45) is 1.33. The maximum atomic E-state index is 8.28. The van der Waals surface area contributed by atoms with E-state index in [0.29, 0.717) is 11.6 Å². The van der Waals surface area contributed by atoms with E-state index in [-0.39, 0.29) is 0 Å². The zero-order valence-corrected chi connectivity index (χ0v) is 7.23. The molecule has 64 valence electrons. The maximum absolute atomic E-state index is 8.28. The Labute approximate surface area is 71.8 Å². The SMILES string of the molecule is CC(C)c1cccc(C=NO)n1. The van der Waals surface area contributed by atoms with Crippen LogP contribution < -0.4 is 0 Å². The molecule has 0 fully saturated rings. The summed E-state index contributed by atoms with van der Waals surface area (Å²) in [5.41, 5.74) is 1.69. The molecule has 1 aromatic rings. The molecule has 0 spiro atoms. The fraction of sp³-hybridized carbons (Fsp3) is 0.333. The van der Waals surface area contributed by atoms with Crippen molar-refractivity contribution in [3.8, 4) is 0 Å². The van der Waals surface area contributed by atoms with Gasteiger partial charge in [0.2, 0.25) is 0 Å². The molecule has 1 rings (SSSR count). The highest BCUT2D eigenvalue weighted by molar-refractivity contribution is 5.76. The van der Waals surface area contributed by atoms with E-state index >= 15 is 0 Å². The highest BCUT2D eigenvalue weighted by atomic mass is 16.4. The Morgan fingerprint density at radius 2 is 2.25 bits per heavy atom. The Hall–Kier alpha value is -1.38. The molecule has 0 saturated carbocycles. The fourth-order valence-corrected chi connectivity index (χ4v) is 0.922. The number of hydrogen-bond donors (Lipinski definition) is 1. The van der Waals surface area contributed by atoms with Gasteiger partial charge in [0.25, 0.3) is 0 Å². The number of pyridine rings is 1. The molecule has 1 heterocycles. The van der Waals surface area contributed by atoms with Crippen molar-refractivity contribution >= 4 is 6.21 Å². The van der Waals surface area contributed by atoms with Crippen LogP contribution in [0.1, 0.15) is 31.2 Å². The van der Waals surface area contributed by atoms with Crippen LogP contribution in [0.5, 0.6) is 0 Å². The minimum Gasteiger partial charge on any atom is -0.411 e. The lowest BCUT2D eigenvalue weighted by Gasteiger charge is -2.03. The molecular weight excluding hydrogens is 152 g/mol. The zero-order chi connectivity index (χ0) is 8.97. The van der Waals surface area contributed by atoms with Crippen molar-refractivity contribution in [1.82, 2.24) is 4.98 Å². The Morgan fingerprint density at radius 1 is 1.50 bits per heavy atom. The average molecular weight is 164 g/mol. The number of rotatable bonds is 2. The van der Waals surface area contributed by atoms with Gasteiger partial charge in [-0.05, 0) is 18.1 Å². The number of oxime groups is 1. The largest absolute Gasteiger partial charge is 0.411 e. The molecule has 3 heteroatoms. The van der Waals surface area contributed by atoms with Gasteiger partial charge in [-0.1, -0.05) is 25.1 Å². The van der Waals surface area contributed by atoms with Crippen molar-refractivity contribution < 1.29 is 5.21 Å². The standard InChI is InChI=1S/C9H12N2O/c1-7(2)9-5-3-4-8(11-9)6-10-12/h3-7,12H,1-2H3. The second-order valence-corrected chi connectivity index (χ2v) is 2.89. The van der Waals surface area contributed by atoms with Crippen LogP contribution in [0.4, 0.5) is 0 Å². The van der Waals surface area contributed by atoms with Gasteiger partial charge in [-0.2, -0.15) is 0 Å². The fourth-order valence-electron chi connectivity index (χ4n) is 0.922. The quantitative estimate of drug-likeness (QED) is 0.413. The lowest BCUT2D eigenvalue weighted by molar-refractivity contribution is 0.321. The van der Waals surface area contributed by atoms with E-state index in [1.807, 2.05) is 12.1 Å². The molecule has 0 radical (unpaired) electrons. The predicted molar refractivity (Wildman–Crippen MR) is 47.7 cm³/mol. The molecule has 1 aromatic heterocycles. The van der Waals surface area contributed by atoms with E-state index < -0.39 is 0 Å². The monoisotopic (exact) mass is 164 g/mol. The first-order valence-electron chi connectivity index (χ1n) is 3.88. The van der Waals surface area contributed by atoms with Crippen molar-refractivity contribution in [2.75, 3.05) is 0 Å². The molecule has 12 heavy (non-hydrogen) atoms. The molecule has 0 aliphatic rings. The van der Waals surface area contributed by atoms with Crippen molar-refractivity contribution in [2.24, 2.45) is 5.16 Å². The van der Waals surface area contributed by atoms with Crippen LogP contribution in [0.2, 0.25) is 0 Å². The van der Waals surface area contributed by atoms with Crippen LogP contribution >= 0.6 is 0 Å². The van der Waals surface area contributed by atoms with Crippen LogP contribution in [-0.4, -0.2) is 16.4 Å². The van der Waals surface area contributed by atoms with Crippen LogP contribution in [0, 0.1) is 0 Å². The third-order valence-electron chi connectivity index (χ3n) is 1.57. The normalized spacial score (nSPS) is 11.2. The first kappa shape index (κ1) is 8.71. The second-order valence-electron chi connectivity index (χ2n) is 2.89. The van der Waals surface area contributed by atoms with Gasteiger partial charge in [0, 0.05) is 5.69 Å². The average Bonchev–Trinajstić information content (AvgIpc) is 2.05. The Kier molecular flexibility index (Phi) is 2.80. The minimum absolute atomic E-state index is 0.400. The highest BCUT2D eigenvalue weighted by Crippen LogP contribution is 2.10. The predicted octanol–water partition coefficient (Wildman–Crippen LogP) is 2.01. The lowest BCUT2D eigenvalue weighted by Crippen LogP contribution is -1.95. The van der Waals surface area contributed by atoms with Crippen molar-refractivity contribution in [2.45, 2.75) is 19.8 Å². The topological polar surface area (TPSA) is 45.5 Å². The summed E-state index contributed by atoms with van der Waals surface area (Å²) >= 11 is 0.